The van der Waals surface area contributed by atoms with Crippen LogP contribution in [0.3, 0.4) is 0 Å². The van der Waals surface area contributed by atoms with Crippen LogP contribution in [0.15, 0.2) is 0 Å². The molecule has 1 heteroatoms. The van der Waals surface area contributed by atoms with E-state index in [4.69, 9.17) is 12.2 Å². The number of thiocarbonyl (C=S) groups is 1. The van der Waals surface area contributed by atoms with Crippen molar-refractivity contribution >= 4 is 17.1 Å². The second kappa shape index (κ2) is 1.79. The van der Waals surface area contributed by atoms with Crippen molar-refractivity contribution in [2.75, 3.05) is 0 Å². The van der Waals surface area contributed by atoms with Crippen molar-refractivity contribution in [1.82, 2.24) is 0 Å². The highest BCUT2D eigenvalue weighted by molar-refractivity contribution is 7.80. The molecule has 0 N–H and O–H groups in total. The summed E-state index contributed by atoms with van der Waals surface area (Å²) >= 11 is 5.52. The third kappa shape index (κ3) is 0.494. The van der Waals surface area contributed by atoms with Crippen molar-refractivity contribution in [1.29, 1.82) is 0 Å². The van der Waals surface area contributed by atoms with Crippen molar-refractivity contribution in [3.63, 3.8) is 0 Å². The molecule has 4 fully saturated rings. The molecule has 0 aromatic rings. The fourth-order valence-electron chi connectivity index (χ4n) is 5.14. The monoisotopic (exact) mass is 178 g/mol. The van der Waals surface area contributed by atoms with Crippen LogP contribution in [0.4, 0.5) is 0 Å². The van der Waals surface area contributed by atoms with Gasteiger partial charge in [0.05, 0.1) is 0 Å². The van der Waals surface area contributed by atoms with Gasteiger partial charge in [0, 0.05) is 0 Å². The SMILES string of the molecule is S=C1C[C@@H]2[C@H]3CC[C@H]4[C@@H]3C[C@@H]2[C@@H]14. The molecule has 0 aliphatic heterocycles. The minimum absolute atomic E-state index is 0.925. The Morgan fingerprint density at radius 1 is 0.917 bits per heavy atom. The number of fused-ring (bicyclic) bond motifs is 2. The molecule has 0 aromatic carbocycles. The molecule has 0 aromatic heterocycles. The van der Waals surface area contributed by atoms with Gasteiger partial charge in [-0.25, -0.2) is 0 Å². The zero-order valence-corrected chi connectivity index (χ0v) is 8.02. The summed E-state index contributed by atoms with van der Waals surface area (Å²) in [5, 5.41) is 0. The molecule has 0 saturated heterocycles. The molecule has 4 aliphatic carbocycles. The van der Waals surface area contributed by atoms with E-state index in [0.717, 1.165) is 35.5 Å². The van der Waals surface area contributed by atoms with Crippen molar-refractivity contribution in [2.45, 2.75) is 25.7 Å². The van der Waals surface area contributed by atoms with Gasteiger partial charge in [-0.3, -0.25) is 0 Å². The first kappa shape index (κ1) is 6.53. The van der Waals surface area contributed by atoms with Crippen LogP contribution < -0.4 is 0 Å². The third-order valence-electron chi connectivity index (χ3n) is 5.31. The lowest BCUT2D eigenvalue weighted by molar-refractivity contribution is 0.235. The second-order valence-corrected chi connectivity index (χ2v) is 5.85. The van der Waals surface area contributed by atoms with Gasteiger partial charge >= 0.3 is 0 Å². The van der Waals surface area contributed by atoms with E-state index in [1.807, 2.05) is 0 Å². The van der Waals surface area contributed by atoms with E-state index >= 15 is 0 Å². The zero-order chi connectivity index (χ0) is 7.87. The van der Waals surface area contributed by atoms with Crippen molar-refractivity contribution < 1.29 is 0 Å². The molecule has 4 rings (SSSR count). The summed E-state index contributed by atoms with van der Waals surface area (Å²) in [5.74, 6) is 6.37. The highest BCUT2D eigenvalue weighted by atomic mass is 32.1. The lowest BCUT2D eigenvalue weighted by atomic mass is 9.80. The summed E-state index contributed by atoms with van der Waals surface area (Å²) in [6.07, 6.45) is 5.97. The standard InChI is InChI=1S/C11H14S/c12-10-4-8-5-1-2-6-7(5)3-9(8)11(6)10/h5-9,11H,1-4H2/t5-,6-,7+,8+,9-,11-/m0/s1. The van der Waals surface area contributed by atoms with Crippen LogP contribution in [0.2, 0.25) is 0 Å². The van der Waals surface area contributed by atoms with Gasteiger partial charge in [-0.1, -0.05) is 12.2 Å². The molecular weight excluding hydrogens is 164 g/mol. The highest BCUT2D eigenvalue weighted by Crippen LogP contribution is 2.69. The van der Waals surface area contributed by atoms with Gasteiger partial charge in [0.25, 0.3) is 0 Å². The van der Waals surface area contributed by atoms with Crippen LogP contribution in [0.5, 0.6) is 0 Å². The molecule has 0 radical (unpaired) electrons. The quantitative estimate of drug-likeness (QED) is 0.514. The predicted octanol–water partition coefficient (Wildman–Crippen LogP) is 2.67. The Bertz CT molecular complexity index is 266. The van der Waals surface area contributed by atoms with Crippen LogP contribution in [-0.4, -0.2) is 4.86 Å². The van der Waals surface area contributed by atoms with E-state index < -0.39 is 0 Å². The van der Waals surface area contributed by atoms with Crippen molar-refractivity contribution in [2.24, 2.45) is 35.5 Å². The van der Waals surface area contributed by atoms with Crippen molar-refractivity contribution in [3.05, 3.63) is 0 Å². The maximum absolute atomic E-state index is 5.52. The molecule has 0 spiro atoms. The maximum Gasteiger partial charge on any atom is -0.00319 e. The average Bonchev–Trinajstić information content (AvgIpc) is 2.58. The van der Waals surface area contributed by atoms with Crippen molar-refractivity contribution in [3.8, 4) is 0 Å². The van der Waals surface area contributed by atoms with Crippen LogP contribution in [0.25, 0.3) is 0 Å². The Morgan fingerprint density at radius 2 is 1.75 bits per heavy atom. The second-order valence-electron chi connectivity index (χ2n) is 5.33. The van der Waals surface area contributed by atoms with E-state index in [2.05, 4.69) is 0 Å². The summed E-state index contributed by atoms with van der Waals surface area (Å²) in [4.78, 5) is 1.47. The highest BCUT2D eigenvalue weighted by Gasteiger charge is 2.64. The van der Waals surface area contributed by atoms with E-state index in [-0.39, 0.29) is 0 Å². The number of rotatable bonds is 0. The number of hydrogen-bond acceptors (Lipinski definition) is 1. The topological polar surface area (TPSA) is 0 Å². The summed E-state index contributed by atoms with van der Waals surface area (Å²) in [5.41, 5.74) is 0. The summed E-state index contributed by atoms with van der Waals surface area (Å²) < 4.78 is 0. The molecule has 0 amide bonds. The van der Waals surface area contributed by atoms with Gasteiger partial charge in [-0.2, -0.15) is 0 Å². The van der Waals surface area contributed by atoms with Crippen LogP contribution in [-0.2, 0) is 0 Å². The molecule has 0 unspecified atom stereocenters. The first-order valence-electron chi connectivity index (χ1n) is 5.39. The first-order valence-corrected chi connectivity index (χ1v) is 5.80. The molecular formula is C11H14S. The van der Waals surface area contributed by atoms with Gasteiger partial charge in [-0.15, -0.1) is 0 Å². The van der Waals surface area contributed by atoms with Gasteiger partial charge in [-0.05, 0) is 66.1 Å². The fraction of sp³-hybridized carbons (Fsp3) is 0.909. The molecule has 64 valence electrons. The largest absolute Gasteiger partial charge is 0.0894 e. The summed E-state index contributed by atoms with van der Waals surface area (Å²) in [7, 11) is 0. The van der Waals surface area contributed by atoms with Gasteiger partial charge in [0.1, 0.15) is 0 Å². The van der Waals surface area contributed by atoms with Gasteiger partial charge < -0.3 is 0 Å². The molecule has 0 heterocycles. The normalized spacial score (nSPS) is 65.2. The molecule has 4 saturated carbocycles. The van der Waals surface area contributed by atoms with Crippen LogP contribution >= 0.6 is 12.2 Å². The lowest BCUT2D eigenvalue weighted by Gasteiger charge is -2.24. The van der Waals surface area contributed by atoms with Gasteiger partial charge in [0.15, 0.2) is 0 Å². The Balaban J connectivity index is 1.93. The van der Waals surface area contributed by atoms with E-state index in [0.29, 0.717) is 0 Å². The average molecular weight is 178 g/mol. The Hall–Kier alpha value is 0.0900. The zero-order valence-electron chi connectivity index (χ0n) is 7.20. The molecule has 12 heavy (non-hydrogen) atoms. The minimum atomic E-state index is 0.925. The third-order valence-corrected chi connectivity index (χ3v) is 5.75. The van der Waals surface area contributed by atoms with E-state index in [1.54, 1.807) is 12.8 Å². The first-order chi connectivity index (χ1) is 5.86. The fourth-order valence-corrected chi connectivity index (χ4v) is 5.69. The molecule has 2 bridgehead atoms. The van der Waals surface area contributed by atoms with Gasteiger partial charge in [0.2, 0.25) is 0 Å². The van der Waals surface area contributed by atoms with E-state index in [1.165, 1.54) is 17.7 Å². The Labute approximate surface area is 78.7 Å². The van der Waals surface area contributed by atoms with E-state index in [9.17, 15) is 0 Å². The summed E-state index contributed by atoms with van der Waals surface area (Å²) in [6, 6.07) is 0. The molecule has 0 nitrogen and oxygen atoms in total. The maximum atomic E-state index is 5.52. The Morgan fingerprint density at radius 3 is 2.67 bits per heavy atom. The molecule has 6 atom stereocenters. The lowest BCUT2D eigenvalue weighted by Crippen LogP contribution is -2.22. The predicted molar refractivity (Wildman–Crippen MR) is 52.0 cm³/mol. The number of hydrogen-bond donors (Lipinski definition) is 0. The minimum Gasteiger partial charge on any atom is -0.0894 e. The molecule has 4 aliphatic rings. The Kier molecular flexibility index (Phi) is 0.976. The van der Waals surface area contributed by atoms with Crippen LogP contribution in [0.1, 0.15) is 25.7 Å². The van der Waals surface area contributed by atoms with Crippen LogP contribution in [0, 0.1) is 35.5 Å². The smallest absolute Gasteiger partial charge is 0.00319 e. The summed E-state index contributed by atoms with van der Waals surface area (Å²) in [6.45, 7) is 0.